The molecule has 0 aliphatic carbocycles. The molecule has 1 N–H and O–H groups in total. The van der Waals surface area contributed by atoms with Crippen molar-refractivity contribution >= 4 is 11.6 Å². The van der Waals surface area contributed by atoms with E-state index in [0.717, 1.165) is 17.1 Å². The van der Waals surface area contributed by atoms with Gasteiger partial charge in [-0.05, 0) is 45.0 Å². The number of nitrogens with one attached hydrogen (secondary N) is 1. The Morgan fingerprint density at radius 2 is 1.91 bits per heavy atom. The van der Waals surface area contributed by atoms with Gasteiger partial charge in [0.25, 0.3) is 5.91 Å². The Morgan fingerprint density at radius 3 is 2.45 bits per heavy atom. The Balaban J connectivity index is 1.79. The highest BCUT2D eigenvalue weighted by molar-refractivity contribution is 6.03. The quantitative estimate of drug-likeness (QED) is 0.806. The monoisotopic (exact) mass is 296 g/mol. The smallest absolute Gasteiger partial charge is 0.278 e. The maximum absolute atomic E-state index is 12.1. The topological polar surface area (TPSA) is 73.0 Å². The lowest BCUT2D eigenvalue weighted by molar-refractivity contribution is 0.101. The third kappa shape index (κ3) is 2.50. The van der Waals surface area contributed by atoms with Crippen LogP contribution in [0.2, 0.25) is 0 Å². The summed E-state index contributed by atoms with van der Waals surface area (Å²) in [4.78, 5) is 16.3. The summed E-state index contributed by atoms with van der Waals surface area (Å²) in [5, 5.41) is 6.49. The molecule has 1 aromatic carbocycles. The first-order valence-corrected chi connectivity index (χ1v) is 6.89. The van der Waals surface area contributed by atoms with Crippen molar-refractivity contribution in [1.29, 1.82) is 0 Å². The summed E-state index contributed by atoms with van der Waals surface area (Å²) in [7, 11) is 0. The van der Waals surface area contributed by atoms with Crippen LogP contribution >= 0.6 is 0 Å². The molecule has 6 heteroatoms. The van der Waals surface area contributed by atoms with Crippen LogP contribution in [0.25, 0.3) is 5.69 Å². The molecule has 1 amide bonds. The van der Waals surface area contributed by atoms with Crippen LogP contribution in [-0.2, 0) is 0 Å². The van der Waals surface area contributed by atoms with Gasteiger partial charge in [0, 0.05) is 22.6 Å². The first kappa shape index (κ1) is 14.1. The number of rotatable bonds is 3. The van der Waals surface area contributed by atoms with Crippen LogP contribution in [0.5, 0.6) is 0 Å². The highest BCUT2D eigenvalue weighted by atomic mass is 16.5. The van der Waals surface area contributed by atoms with Gasteiger partial charge in [0.05, 0.1) is 12.0 Å². The van der Waals surface area contributed by atoms with Gasteiger partial charge >= 0.3 is 0 Å². The molecule has 2 aromatic heterocycles. The van der Waals surface area contributed by atoms with Gasteiger partial charge in [0.15, 0.2) is 5.69 Å². The maximum atomic E-state index is 12.1. The van der Waals surface area contributed by atoms with Gasteiger partial charge in [-0.3, -0.25) is 4.79 Å². The second-order valence-corrected chi connectivity index (χ2v) is 5.13. The van der Waals surface area contributed by atoms with E-state index in [-0.39, 0.29) is 5.91 Å². The van der Waals surface area contributed by atoms with Crippen molar-refractivity contribution in [2.75, 3.05) is 5.32 Å². The van der Waals surface area contributed by atoms with Crippen LogP contribution in [0.3, 0.4) is 0 Å². The molecule has 2 heterocycles. The molecule has 0 aliphatic heterocycles. The minimum atomic E-state index is -0.284. The minimum absolute atomic E-state index is 0.284. The SMILES string of the molecule is Cc1conc1C(=O)Nc1ccc(-n2cnc(C)c2C)cc1. The molecule has 0 radical (unpaired) electrons. The normalized spacial score (nSPS) is 10.7. The van der Waals surface area contributed by atoms with Crippen LogP contribution in [0.4, 0.5) is 5.69 Å². The minimum Gasteiger partial charge on any atom is -0.364 e. The lowest BCUT2D eigenvalue weighted by Crippen LogP contribution is -2.13. The molecule has 0 saturated carbocycles. The van der Waals surface area contributed by atoms with E-state index >= 15 is 0 Å². The van der Waals surface area contributed by atoms with Gasteiger partial charge < -0.3 is 14.4 Å². The Hall–Kier alpha value is -2.89. The van der Waals surface area contributed by atoms with Crippen LogP contribution in [0.1, 0.15) is 27.4 Å². The fourth-order valence-corrected chi connectivity index (χ4v) is 2.16. The fraction of sp³-hybridized carbons (Fsp3) is 0.188. The Bertz CT molecular complexity index is 815. The second-order valence-electron chi connectivity index (χ2n) is 5.13. The molecular formula is C16H16N4O2. The van der Waals surface area contributed by atoms with E-state index in [1.807, 2.05) is 42.7 Å². The summed E-state index contributed by atoms with van der Waals surface area (Å²) in [6, 6.07) is 7.55. The molecule has 0 unspecified atom stereocenters. The van der Waals surface area contributed by atoms with Crippen LogP contribution < -0.4 is 5.32 Å². The third-order valence-electron chi connectivity index (χ3n) is 3.62. The molecule has 22 heavy (non-hydrogen) atoms. The number of hydrogen-bond acceptors (Lipinski definition) is 4. The van der Waals surface area contributed by atoms with Gasteiger partial charge in [0.1, 0.15) is 6.26 Å². The van der Waals surface area contributed by atoms with Crippen molar-refractivity contribution in [3.8, 4) is 5.69 Å². The van der Waals surface area contributed by atoms with Crippen molar-refractivity contribution in [3.05, 3.63) is 59.5 Å². The summed E-state index contributed by atoms with van der Waals surface area (Å²) >= 11 is 0. The lowest BCUT2D eigenvalue weighted by Gasteiger charge is -2.08. The van der Waals surface area contributed by atoms with Gasteiger partial charge in [-0.25, -0.2) is 4.98 Å². The summed E-state index contributed by atoms with van der Waals surface area (Å²) in [6.07, 6.45) is 3.24. The molecule has 0 fully saturated rings. The molecule has 0 spiro atoms. The molecule has 3 aromatic rings. The van der Waals surface area contributed by atoms with Crippen LogP contribution in [0, 0.1) is 20.8 Å². The first-order chi connectivity index (χ1) is 10.6. The summed E-state index contributed by atoms with van der Waals surface area (Å²) in [5.41, 5.74) is 4.79. The van der Waals surface area contributed by atoms with E-state index in [1.54, 1.807) is 13.3 Å². The van der Waals surface area contributed by atoms with E-state index < -0.39 is 0 Å². The van der Waals surface area contributed by atoms with E-state index in [0.29, 0.717) is 16.9 Å². The fourth-order valence-electron chi connectivity index (χ4n) is 2.16. The lowest BCUT2D eigenvalue weighted by atomic mass is 10.2. The number of hydrogen-bond donors (Lipinski definition) is 1. The number of carbonyl (C=O) groups is 1. The summed E-state index contributed by atoms with van der Waals surface area (Å²) in [5.74, 6) is -0.284. The number of benzene rings is 1. The highest BCUT2D eigenvalue weighted by Crippen LogP contribution is 2.17. The van der Waals surface area contributed by atoms with E-state index in [1.165, 1.54) is 6.26 Å². The predicted octanol–water partition coefficient (Wildman–Crippen LogP) is 3.04. The number of amides is 1. The zero-order valence-corrected chi connectivity index (χ0v) is 12.6. The summed E-state index contributed by atoms with van der Waals surface area (Å²) < 4.78 is 6.78. The zero-order valence-electron chi connectivity index (χ0n) is 12.6. The Morgan fingerprint density at radius 1 is 1.18 bits per heavy atom. The molecular weight excluding hydrogens is 280 g/mol. The molecule has 0 atom stereocenters. The van der Waals surface area contributed by atoms with Crippen LogP contribution in [0.15, 0.2) is 41.4 Å². The number of aryl methyl sites for hydroxylation is 2. The largest absolute Gasteiger partial charge is 0.364 e. The van der Waals surface area contributed by atoms with Crippen molar-refractivity contribution in [2.24, 2.45) is 0 Å². The van der Waals surface area contributed by atoms with E-state index in [9.17, 15) is 4.79 Å². The standard InChI is InChI=1S/C16H16N4O2/c1-10-8-22-19-15(10)16(21)18-13-4-6-14(7-5-13)20-9-17-11(2)12(20)3/h4-9H,1-3H3,(H,18,21). The van der Waals surface area contributed by atoms with Crippen molar-refractivity contribution in [3.63, 3.8) is 0 Å². The number of imidazole rings is 1. The number of anilines is 1. The van der Waals surface area contributed by atoms with Gasteiger partial charge in [0.2, 0.25) is 0 Å². The molecule has 6 nitrogen and oxygen atoms in total. The number of aromatic nitrogens is 3. The maximum Gasteiger partial charge on any atom is 0.278 e. The first-order valence-electron chi connectivity index (χ1n) is 6.89. The molecule has 3 rings (SSSR count). The van der Waals surface area contributed by atoms with Crippen molar-refractivity contribution < 1.29 is 9.32 Å². The molecule has 0 aliphatic rings. The summed E-state index contributed by atoms with van der Waals surface area (Å²) in [6.45, 7) is 5.77. The predicted molar refractivity (Wildman–Crippen MR) is 82.2 cm³/mol. The second kappa shape index (κ2) is 5.48. The zero-order chi connectivity index (χ0) is 15.7. The van der Waals surface area contributed by atoms with Crippen LogP contribution in [-0.4, -0.2) is 20.6 Å². The number of carbonyl (C=O) groups excluding carboxylic acids is 1. The average molecular weight is 296 g/mol. The van der Waals surface area contributed by atoms with Gasteiger partial charge in [-0.1, -0.05) is 5.16 Å². The Labute approximate surface area is 127 Å². The molecule has 0 bridgehead atoms. The Kier molecular flexibility index (Phi) is 3.50. The average Bonchev–Trinajstić information content (AvgIpc) is 3.07. The highest BCUT2D eigenvalue weighted by Gasteiger charge is 2.13. The van der Waals surface area contributed by atoms with E-state index in [2.05, 4.69) is 15.5 Å². The molecule has 112 valence electrons. The molecule has 0 saturated heterocycles. The van der Waals surface area contributed by atoms with Crippen molar-refractivity contribution in [1.82, 2.24) is 14.7 Å². The third-order valence-corrected chi connectivity index (χ3v) is 3.62. The van der Waals surface area contributed by atoms with Gasteiger partial charge in [-0.2, -0.15) is 0 Å². The van der Waals surface area contributed by atoms with E-state index in [4.69, 9.17) is 4.52 Å². The number of nitrogens with zero attached hydrogens (tertiary/aromatic N) is 3. The van der Waals surface area contributed by atoms with Gasteiger partial charge in [-0.15, -0.1) is 0 Å². The van der Waals surface area contributed by atoms with Crippen molar-refractivity contribution in [2.45, 2.75) is 20.8 Å².